The number of likely N-dealkylation sites (tertiary alicyclic amines) is 1. The third-order valence-electron chi connectivity index (χ3n) is 4.85. The largest absolute Gasteiger partial charge is 0.338 e. The van der Waals surface area contributed by atoms with Crippen LogP contribution in [0.2, 0.25) is 0 Å². The molecule has 7 heteroatoms. The number of hydrogen-bond acceptors (Lipinski definition) is 4. The summed E-state index contributed by atoms with van der Waals surface area (Å²) in [6, 6.07) is 5.81. The van der Waals surface area contributed by atoms with Crippen molar-refractivity contribution in [2.75, 3.05) is 45.5 Å². The third kappa shape index (κ3) is 4.52. The summed E-state index contributed by atoms with van der Waals surface area (Å²) in [5, 5.41) is 0. The number of carbonyl (C=O) groups is 2. The van der Waals surface area contributed by atoms with Gasteiger partial charge in [-0.25, -0.2) is 4.39 Å². The number of piperazine rings is 1. The van der Waals surface area contributed by atoms with Crippen LogP contribution in [0.1, 0.15) is 12.8 Å². The maximum Gasteiger partial charge on any atom is 0.245 e. The standard InChI is InChI=1S/C18H24FN3O2S/c1-20-9-11-21(12-10-20)18(24)16-3-2-8-22(16)17(23)13-25-15-6-4-14(19)5-7-15/h4-7,16H,2-3,8-13H2,1H3/t16-/m1/s1. The van der Waals surface area contributed by atoms with E-state index >= 15 is 0 Å². The van der Waals surface area contributed by atoms with Crippen molar-refractivity contribution < 1.29 is 14.0 Å². The fourth-order valence-corrected chi connectivity index (χ4v) is 4.10. The lowest BCUT2D eigenvalue weighted by molar-refractivity contribution is -0.143. The van der Waals surface area contributed by atoms with E-state index in [0.29, 0.717) is 6.54 Å². The zero-order chi connectivity index (χ0) is 17.8. The van der Waals surface area contributed by atoms with Gasteiger partial charge in [-0.05, 0) is 44.2 Å². The molecule has 0 spiro atoms. The van der Waals surface area contributed by atoms with E-state index in [1.54, 1.807) is 17.0 Å². The Kier molecular flexibility index (Phi) is 5.96. The van der Waals surface area contributed by atoms with Crippen LogP contribution in [0.5, 0.6) is 0 Å². The number of thioether (sulfide) groups is 1. The van der Waals surface area contributed by atoms with Gasteiger partial charge in [0.15, 0.2) is 0 Å². The Hall–Kier alpha value is -1.60. The molecule has 2 fully saturated rings. The van der Waals surface area contributed by atoms with Crippen molar-refractivity contribution in [1.29, 1.82) is 0 Å². The van der Waals surface area contributed by atoms with Gasteiger partial charge < -0.3 is 14.7 Å². The molecule has 0 aliphatic carbocycles. The van der Waals surface area contributed by atoms with E-state index in [1.165, 1.54) is 23.9 Å². The molecule has 0 saturated carbocycles. The normalized spacial score (nSPS) is 21.6. The first-order chi connectivity index (χ1) is 12.0. The zero-order valence-electron chi connectivity index (χ0n) is 14.5. The van der Waals surface area contributed by atoms with E-state index in [4.69, 9.17) is 0 Å². The maximum absolute atomic E-state index is 12.9. The van der Waals surface area contributed by atoms with Gasteiger partial charge in [-0.2, -0.15) is 0 Å². The lowest BCUT2D eigenvalue weighted by Gasteiger charge is -2.35. The van der Waals surface area contributed by atoms with Crippen LogP contribution in [0.4, 0.5) is 4.39 Å². The second-order valence-corrected chi connectivity index (χ2v) is 7.67. The minimum Gasteiger partial charge on any atom is -0.338 e. The molecule has 1 aromatic rings. The maximum atomic E-state index is 12.9. The Morgan fingerprint density at radius 1 is 1.12 bits per heavy atom. The van der Waals surface area contributed by atoms with Crippen LogP contribution < -0.4 is 0 Å². The molecule has 2 amide bonds. The SMILES string of the molecule is CN1CCN(C(=O)[C@H]2CCCN2C(=O)CSc2ccc(F)cc2)CC1. The minimum absolute atomic E-state index is 0.0145. The molecule has 25 heavy (non-hydrogen) atoms. The molecule has 136 valence electrons. The quantitative estimate of drug-likeness (QED) is 0.762. The molecule has 0 aromatic heterocycles. The van der Waals surface area contributed by atoms with Gasteiger partial charge in [-0.3, -0.25) is 9.59 Å². The summed E-state index contributed by atoms with van der Waals surface area (Å²) in [6.07, 6.45) is 1.62. The number of amides is 2. The van der Waals surface area contributed by atoms with Crippen LogP contribution in [0.15, 0.2) is 29.2 Å². The first-order valence-electron chi connectivity index (χ1n) is 8.70. The summed E-state index contributed by atoms with van der Waals surface area (Å²) in [7, 11) is 2.06. The van der Waals surface area contributed by atoms with Gasteiger partial charge in [0.05, 0.1) is 5.75 Å². The molecule has 0 radical (unpaired) electrons. The van der Waals surface area contributed by atoms with Gasteiger partial charge in [0, 0.05) is 37.6 Å². The van der Waals surface area contributed by atoms with Crippen LogP contribution in [0.3, 0.4) is 0 Å². The first-order valence-corrected chi connectivity index (χ1v) is 9.68. The summed E-state index contributed by atoms with van der Waals surface area (Å²) in [5.74, 6) is 0.0658. The molecule has 2 aliphatic heterocycles. The number of rotatable bonds is 4. The Balaban J connectivity index is 1.55. The van der Waals surface area contributed by atoms with E-state index in [0.717, 1.165) is 43.9 Å². The third-order valence-corrected chi connectivity index (χ3v) is 5.85. The second kappa shape index (κ2) is 8.19. The molecule has 3 rings (SSSR count). The van der Waals surface area contributed by atoms with Gasteiger partial charge in [0.1, 0.15) is 11.9 Å². The van der Waals surface area contributed by atoms with Crippen molar-refractivity contribution in [3.05, 3.63) is 30.1 Å². The zero-order valence-corrected chi connectivity index (χ0v) is 15.3. The molecule has 0 unspecified atom stereocenters. The van der Waals surface area contributed by atoms with Gasteiger partial charge in [0.25, 0.3) is 0 Å². The van der Waals surface area contributed by atoms with Crippen molar-refractivity contribution >= 4 is 23.6 Å². The molecule has 2 saturated heterocycles. The first kappa shape index (κ1) is 18.2. The molecule has 2 aliphatic rings. The minimum atomic E-state index is -0.315. The van der Waals surface area contributed by atoms with Crippen LogP contribution in [0.25, 0.3) is 0 Å². The molecule has 2 heterocycles. The highest BCUT2D eigenvalue weighted by Gasteiger charge is 2.36. The van der Waals surface area contributed by atoms with E-state index in [2.05, 4.69) is 11.9 Å². The molecule has 1 aromatic carbocycles. The van der Waals surface area contributed by atoms with Crippen molar-refractivity contribution in [2.24, 2.45) is 0 Å². The van der Waals surface area contributed by atoms with Crippen molar-refractivity contribution in [2.45, 2.75) is 23.8 Å². The summed E-state index contributed by atoms with van der Waals surface area (Å²) in [6.45, 7) is 3.88. The van der Waals surface area contributed by atoms with E-state index in [9.17, 15) is 14.0 Å². The molecule has 0 N–H and O–H groups in total. The molecule has 5 nitrogen and oxygen atoms in total. The van der Waals surface area contributed by atoms with Crippen molar-refractivity contribution in [1.82, 2.24) is 14.7 Å². The fourth-order valence-electron chi connectivity index (χ4n) is 3.32. The molecule has 1 atom stereocenters. The Morgan fingerprint density at radius 3 is 2.48 bits per heavy atom. The van der Waals surface area contributed by atoms with Gasteiger partial charge in [0.2, 0.25) is 11.8 Å². The van der Waals surface area contributed by atoms with Gasteiger partial charge in [-0.15, -0.1) is 11.8 Å². The average Bonchev–Trinajstić information content (AvgIpc) is 3.11. The lowest BCUT2D eigenvalue weighted by atomic mass is 10.1. The van der Waals surface area contributed by atoms with Crippen LogP contribution >= 0.6 is 11.8 Å². The van der Waals surface area contributed by atoms with E-state index < -0.39 is 0 Å². The average molecular weight is 365 g/mol. The van der Waals surface area contributed by atoms with E-state index in [-0.39, 0.29) is 29.4 Å². The molecular weight excluding hydrogens is 341 g/mol. The highest BCUT2D eigenvalue weighted by molar-refractivity contribution is 8.00. The fraction of sp³-hybridized carbons (Fsp3) is 0.556. The highest BCUT2D eigenvalue weighted by atomic mass is 32.2. The summed E-state index contributed by atoms with van der Waals surface area (Å²) >= 11 is 1.38. The molecule has 0 bridgehead atoms. The van der Waals surface area contributed by atoms with Crippen LogP contribution in [0, 0.1) is 5.82 Å². The van der Waals surface area contributed by atoms with Crippen molar-refractivity contribution in [3.8, 4) is 0 Å². The number of hydrogen-bond donors (Lipinski definition) is 0. The Morgan fingerprint density at radius 2 is 1.80 bits per heavy atom. The van der Waals surface area contributed by atoms with Crippen LogP contribution in [-0.2, 0) is 9.59 Å². The number of benzene rings is 1. The summed E-state index contributed by atoms with van der Waals surface area (Å²) < 4.78 is 12.9. The number of nitrogens with zero attached hydrogens (tertiary/aromatic N) is 3. The molecular formula is C18H24FN3O2S. The smallest absolute Gasteiger partial charge is 0.245 e. The predicted octanol–water partition coefficient (Wildman–Crippen LogP) is 1.68. The summed E-state index contributed by atoms with van der Waals surface area (Å²) in [5.41, 5.74) is 0. The Bertz CT molecular complexity index is 617. The van der Waals surface area contributed by atoms with Crippen LogP contribution in [-0.4, -0.2) is 78.1 Å². The Labute approximate surface area is 152 Å². The number of halogens is 1. The second-order valence-electron chi connectivity index (χ2n) is 6.62. The summed E-state index contributed by atoms with van der Waals surface area (Å²) in [4.78, 5) is 32.1. The van der Waals surface area contributed by atoms with Gasteiger partial charge >= 0.3 is 0 Å². The van der Waals surface area contributed by atoms with E-state index in [1.807, 2.05) is 4.90 Å². The number of carbonyl (C=O) groups excluding carboxylic acids is 2. The van der Waals surface area contributed by atoms with Gasteiger partial charge in [-0.1, -0.05) is 0 Å². The number of likely N-dealkylation sites (N-methyl/N-ethyl adjacent to an activating group) is 1. The topological polar surface area (TPSA) is 43.9 Å². The highest BCUT2D eigenvalue weighted by Crippen LogP contribution is 2.24. The monoisotopic (exact) mass is 365 g/mol. The predicted molar refractivity (Wildman–Crippen MR) is 95.9 cm³/mol. The van der Waals surface area contributed by atoms with Crippen molar-refractivity contribution in [3.63, 3.8) is 0 Å². The lowest BCUT2D eigenvalue weighted by Crippen LogP contribution is -2.53.